The summed E-state index contributed by atoms with van der Waals surface area (Å²) in [6.45, 7) is 14.4. The van der Waals surface area contributed by atoms with Gasteiger partial charge in [-0.15, -0.1) is 0 Å². The van der Waals surface area contributed by atoms with Crippen LogP contribution in [0.5, 0.6) is 17.2 Å². The topological polar surface area (TPSA) is 112 Å². The van der Waals surface area contributed by atoms with Crippen molar-refractivity contribution in [2.24, 2.45) is 0 Å². The first-order chi connectivity index (χ1) is 24.7. The number of benzene rings is 2. The molecule has 0 radical (unpaired) electrons. The summed E-state index contributed by atoms with van der Waals surface area (Å²) in [5.41, 5.74) is 1.23. The number of halogens is 2. The monoisotopic (exact) mass is 728 g/mol. The first-order valence-electron chi connectivity index (χ1n) is 17.1. The van der Waals surface area contributed by atoms with Crippen molar-refractivity contribution in [2.75, 3.05) is 31.6 Å². The average molecular weight is 729 g/mol. The first-order valence-corrected chi connectivity index (χ1v) is 17.5. The molecule has 6 rings (SSSR count). The van der Waals surface area contributed by atoms with E-state index in [1.54, 1.807) is 60.7 Å². The molecule has 1 amide bonds. The van der Waals surface area contributed by atoms with Gasteiger partial charge in [0.05, 0.1) is 34.6 Å². The second-order valence-corrected chi connectivity index (χ2v) is 14.5. The number of ether oxygens (including phenoxy) is 3. The Kier molecular flexibility index (Phi) is 10.1. The maximum atomic E-state index is 16.3. The van der Waals surface area contributed by atoms with Gasteiger partial charge in [0.25, 0.3) is 0 Å². The first kappa shape index (κ1) is 36.6. The van der Waals surface area contributed by atoms with Gasteiger partial charge in [-0.05, 0) is 94.6 Å². The fraction of sp³-hybridized carbons (Fsp3) is 0.359. The number of hydrogen-bond donors (Lipinski definition) is 0. The van der Waals surface area contributed by atoms with Crippen molar-refractivity contribution in [3.63, 3.8) is 0 Å². The number of hydrogen-bond acceptors (Lipinski definition) is 9. The highest BCUT2D eigenvalue weighted by Gasteiger charge is 2.33. The van der Waals surface area contributed by atoms with Gasteiger partial charge in [0.2, 0.25) is 0 Å². The van der Waals surface area contributed by atoms with E-state index in [1.807, 2.05) is 59.4 Å². The molecule has 1 fully saturated rings. The molecule has 3 aromatic heterocycles. The molecule has 1 aliphatic rings. The van der Waals surface area contributed by atoms with Crippen molar-refractivity contribution in [3.8, 4) is 34.2 Å². The largest absolute Gasteiger partial charge is 0.497 e. The van der Waals surface area contributed by atoms with Crippen molar-refractivity contribution in [1.82, 2.24) is 24.4 Å². The number of nitrogens with zero attached hydrogens (tertiary/aromatic N) is 6. The Labute approximate surface area is 306 Å². The molecule has 1 unspecified atom stereocenters. The van der Waals surface area contributed by atoms with Crippen molar-refractivity contribution in [3.05, 3.63) is 93.4 Å². The van der Waals surface area contributed by atoms with Crippen LogP contribution in [0.2, 0.25) is 5.02 Å². The number of rotatable bonds is 7. The molecule has 4 heterocycles. The molecule has 52 heavy (non-hydrogen) atoms. The standard InChI is InChI=1S/C39H42ClFN6O5/c1-22(2)32-34(23(3)16-17-42-32)47-36-28(35(44-37(47)48)46-19-18-45(21-24(46)4)38(49)52-39(5,6)7)20-29(40)33(43-36)27-10-9-11-30(31(27)41)51-26-14-12-25(50-8)13-15-26/h9-17,20,22,24H,18-19,21H2,1-8H3. The van der Waals surface area contributed by atoms with Gasteiger partial charge in [-0.3, -0.25) is 4.98 Å². The number of aryl methyl sites for hydroxylation is 1. The van der Waals surface area contributed by atoms with Crippen LogP contribution in [-0.4, -0.2) is 68.9 Å². The lowest BCUT2D eigenvalue weighted by Gasteiger charge is -2.41. The zero-order valence-electron chi connectivity index (χ0n) is 30.5. The fourth-order valence-corrected chi connectivity index (χ4v) is 6.56. The zero-order valence-corrected chi connectivity index (χ0v) is 31.3. The Morgan fingerprint density at radius 2 is 1.75 bits per heavy atom. The molecule has 0 saturated carbocycles. The Bertz CT molecular complexity index is 2200. The van der Waals surface area contributed by atoms with Crippen LogP contribution in [0.4, 0.5) is 15.0 Å². The SMILES string of the molecule is COc1ccc(Oc2cccc(-c3nc4c(cc3Cl)c(N3CCN(C(=O)OC(C)(C)C)CC3C)nc(=O)n4-c3c(C)ccnc3C(C)C)c2F)cc1. The molecule has 0 bridgehead atoms. The van der Waals surface area contributed by atoms with Gasteiger partial charge in [-0.1, -0.05) is 31.5 Å². The summed E-state index contributed by atoms with van der Waals surface area (Å²) in [4.78, 5) is 45.1. The summed E-state index contributed by atoms with van der Waals surface area (Å²) in [6, 6.07) is 14.8. The van der Waals surface area contributed by atoms with E-state index >= 15 is 4.39 Å². The lowest BCUT2D eigenvalue weighted by atomic mass is 10.0. The van der Waals surface area contributed by atoms with E-state index in [4.69, 9.17) is 30.8 Å². The van der Waals surface area contributed by atoms with E-state index in [0.717, 1.165) is 5.56 Å². The molecular formula is C39H42ClFN6O5. The second-order valence-electron chi connectivity index (χ2n) is 14.1. The molecule has 1 aliphatic heterocycles. The molecule has 0 N–H and O–H groups in total. The van der Waals surface area contributed by atoms with Gasteiger partial charge in [-0.25, -0.2) is 23.5 Å². The number of pyridine rings is 2. The molecule has 13 heteroatoms. The van der Waals surface area contributed by atoms with Gasteiger partial charge < -0.3 is 24.0 Å². The highest BCUT2D eigenvalue weighted by atomic mass is 35.5. The predicted molar refractivity (Wildman–Crippen MR) is 200 cm³/mol. The van der Waals surface area contributed by atoms with E-state index in [1.165, 1.54) is 10.6 Å². The average Bonchev–Trinajstić information content (AvgIpc) is 3.09. The van der Waals surface area contributed by atoms with Crippen LogP contribution in [0.15, 0.2) is 65.6 Å². The van der Waals surface area contributed by atoms with Crippen molar-refractivity contribution in [1.29, 1.82) is 0 Å². The third kappa shape index (κ3) is 7.25. The maximum absolute atomic E-state index is 16.3. The summed E-state index contributed by atoms with van der Waals surface area (Å²) >= 11 is 6.98. The van der Waals surface area contributed by atoms with Crippen LogP contribution in [0.1, 0.15) is 58.7 Å². The summed E-state index contributed by atoms with van der Waals surface area (Å²) < 4.78 is 34.5. The van der Waals surface area contributed by atoms with Crippen LogP contribution in [0.25, 0.3) is 28.0 Å². The molecule has 272 valence electrons. The molecule has 11 nitrogen and oxygen atoms in total. The molecular weight excluding hydrogens is 687 g/mol. The van der Waals surface area contributed by atoms with E-state index in [0.29, 0.717) is 53.7 Å². The maximum Gasteiger partial charge on any atom is 0.410 e. The predicted octanol–water partition coefficient (Wildman–Crippen LogP) is 8.31. The number of piperazine rings is 1. The van der Waals surface area contributed by atoms with Gasteiger partial charge >= 0.3 is 11.8 Å². The number of amides is 1. The van der Waals surface area contributed by atoms with E-state index < -0.39 is 23.2 Å². The van der Waals surface area contributed by atoms with Gasteiger partial charge in [0.15, 0.2) is 17.2 Å². The minimum atomic E-state index is -0.678. The van der Waals surface area contributed by atoms with E-state index in [-0.39, 0.29) is 39.6 Å². The number of anilines is 1. The van der Waals surface area contributed by atoms with Crippen molar-refractivity contribution in [2.45, 2.75) is 66.0 Å². The fourth-order valence-electron chi connectivity index (χ4n) is 6.31. The van der Waals surface area contributed by atoms with E-state index in [2.05, 4.69) is 9.97 Å². The molecule has 0 spiro atoms. The minimum Gasteiger partial charge on any atom is -0.497 e. The zero-order chi connectivity index (χ0) is 37.5. The van der Waals surface area contributed by atoms with Crippen LogP contribution in [0, 0.1) is 12.7 Å². The minimum absolute atomic E-state index is 0.0321. The highest BCUT2D eigenvalue weighted by Crippen LogP contribution is 2.39. The van der Waals surface area contributed by atoms with Crippen LogP contribution in [0.3, 0.4) is 0 Å². The summed E-state index contributed by atoms with van der Waals surface area (Å²) in [5, 5.41) is 0.628. The Hall–Kier alpha value is -5.23. The normalized spacial score (nSPS) is 14.9. The lowest BCUT2D eigenvalue weighted by molar-refractivity contribution is 0.0218. The summed E-state index contributed by atoms with van der Waals surface area (Å²) in [7, 11) is 1.56. The van der Waals surface area contributed by atoms with Crippen molar-refractivity contribution < 1.29 is 23.4 Å². The van der Waals surface area contributed by atoms with Gasteiger partial charge in [-0.2, -0.15) is 4.98 Å². The Balaban J connectivity index is 1.52. The second kappa shape index (κ2) is 14.4. The van der Waals surface area contributed by atoms with Crippen molar-refractivity contribution >= 4 is 34.5 Å². The molecule has 2 aromatic carbocycles. The lowest BCUT2D eigenvalue weighted by Crippen LogP contribution is -2.55. The number of carbonyl (C=O) groups is 1. The quantitative estimate of drug-likeness (QED) is 0.163. The van der Waals surface area contributed by atoms with E-state index in [9.17, 15) is 9.59 Å². The third-order valence-corrected chi connectivity index (χ3v) is 9.07. The number of aromatic nitrogens is 4. The van der Waals surface area contributed by atoms with Crippen LogP contribution < -0.4 is 20.1 Å². The molecule has 1 atom stereocenters. The number of methoxy groups -OCH3 is 1. The molecule has 1 saturated heterocycles. The molecule has 0 aliphatic carbocycles. The molecule has 5 aromatic rings. The Morgan fingerprint density at radius 3 is 2.40 bits per heavy atom. The van der Waals surface area contributed by atoms with Gasteiger partial charge in [0, 0.05) is 37.4 Å². The van der Waals surface area contributed by atoms with Gasteiger partial charge in [0.1, 0.15) is 22.9 Å². The van der Waals surface area contributed by atoms with Crippen LogP contribution >= 0.6 is 11.6 Å². The smallest absolute Gasteiger partial charge is 0.410 e. The summed E-state index contributed by atoms with van der Waals surface area (Å²) in [6.07, 6.45) is 1.30. The Morgan fingerprint density at radius 1 is 1.04 bits per heavy atom. The third-order valence-electron chi connectivity index (χ3n) is 8.78. The number of carbonyl (C=O) groups excluding carboxylic acids is 1. The summed E-state index contributed by atoms with van der Waals surface area (Å²) in [5.74, 6) is 0.648. The van der Waals surface area contributed by atoms with Crippen LogP contribution in [-0.2, 0) is 4.74 Å². The highest BCUT2D eigenvalue weighted by molar-refractivity contribution is 6.34. The number of fused-ring (bicyclic) bond motifs is 1.